The molecule has 0 heterocycles. The number of nitrogens with zero attached hydrogens (tertiary/aromatic N) is 1. The third-order valence-electron chi connectivity index (χ3n) is 1.91. The summed E-state index contributed by atoms with van der Waals surface area (Å²) in [7, 11) is 4.08. The van der Waals surface area contributed by atoms with Crippen molar-refractivity contribution in [2.45, 2.75) is 19.8 Å². The zero-order valence-electron chi connectivity index (χ0n) is 9.34. The van der Waals surface area contributed by atoms with Crippen LogP contribution >= 0.6 is 0 Å². The Hall–Kier alpha value is 0.266. The van der Waals surface area contributed by atoms with Gasteiger partial charge in [0.1, 0.15) is 0 Å². The quantitative estimate of drug-likeness (QED) is 0.505. The van der Waals surface area contributed by atoms with Crippen LogP contribution in [0.3, 0.4) is 0 Å². The second-order valence-corrected chi connectivity index (χ2v) is 3.54. The summed E-state index contributed by atoms with van der Waals surface area (Å²) in [6.07, 6.45) is 0. The zero-order valence-corrected chi connectivity index (χ0v) is 12.3. The second kappa shape index (κ2) is 7.54. The number of hydrogen-bond donors (Lipinski definition) is 0. The van der Waals surface area contributed by atoms with E-state index in [2.05, 4.69) is 43.0 Å². The maximum absolute atomic E-state index is 3.37. The van der Waals surface area contributed by atoms with Crippen molar-refractivity contribution in [3.63, 3.8) is 0 Å². The van der Waals surface area contributed by atoms with Gasteiger partial charge < -0.3 is 21.9 Å². The van der Waals surface area contributed by atoms with Gasteiger partial charge in [0, 0.05) is 14.1 Å². The SMILES string of the molecule is CC(C)c1[c-]c(N(C)C)ccc1.[Br-].[Mg+2]. The third-order valence-corrected chi connectivity index (χ3v) is 1.91. The van der Waals surface area contributed by atoms with Gasteiger partial charge in [-0.1, -0.05) is 19.5 Å². The predicted octanol–water partition coefficient (Wildman–Crippen LogP) is -0.701. The molecule has 74 valence electrons. The van der Waals surface area contributed by atoms with Crippen molar-refractivity contribution < 1.29 is 17.0 Å². The van der Waals surface area contributed by atoms with Crippen molar-refractivity contribution in [3.8, 4) is 0 Å². The summed E-state index contributed by atoms with van der Waals surface area (Å²) in [5.74, 6) is 0.560. The maximum atomic E-state index is 3.37. The molecule has 0 aromatic heterocycles. The van der Waals surface area contributed by atoms with E-state index in [9.17, 15) is 0 Å². The van der Waals surface area contributed by atoms with E-state index in [0.717, 1.165) is 5.69 Å². The van der Waals surface area contributed by atoms with Gasteiger partial charge in [-0.25, -0.2) is 0 Å². The Balaban J connectivity index is 0. The number of anilines is 1. The summed E-state index contributed by atoms with van der Waals surface area (Å²) in [5, 5.41) is 0. The van der Waals surface area contributed by atoms with Gasteiger partial charge in [-0.15, -0.1) is 6.07 Å². The van der Waals surface area contributed by atoms with Crippen LogP contribution in [0.4, 0.5) is 5.69 Å². The van der Waals surface area contributed by atoms with Crippen LogP contribution in [0.25, 0.3) is 0 Å². The molecule has 1 rings (SSSR count). The molecule has 1 aromatic rings. The molecule has 0 amide bonds. The van der Waals surface area contributed by atoms with Gasteiger partial charge in [-0.3, -0.25) is 0 Å². The van der Waals surface area contributed by atoms with Crippen LogP contribution in [-0.4, -0.2) is 37.1 Å². The van der Waals surface area contributed by atoms with E-state index >= 15 is 0 Å². The molecule has 0 fully saturated rings. The number of benzene rings is 1. The molecule has 1 nitrogen and oxygen atoms in total. The number of halogens is 1. The summed E-state index contributed by atoms with van der Waals surface area (Å²) in [6.45, 7) is 4.37. The molecule has 1 aromatic carbocycles. The Morgan fingerprint density at radius 1 is 1.21 bits per heavy atom. The molecule has 3 heteroatoms. The first-order valence-corrected chi connectivity index (χ1v) is 4.31. The second-order valence-electron chi connectivity index (χ2n) is 3.54. The Kier molecular flexibility index (Phi) is 8.99. The van der Waals surface area contributed by atoms with Gasteiger partial charge in [0.15, 0.2) is 0 Å². The summed E-state index contributed by atoms with van der Waals surface area (Å²) in [6, 6.07) is 9.65. The largest absolute Gasteiger partial charge is 2.00 e. The monoisotopic (exact) mass is 265 g/mol. The average molecular weight is 266 g/mol. The molecule has 14 heavy (non-hydrogen) atoms. The van der Waals surface area contributed by atoms with Crippen molar-refractivity contribution in [1.82, 2.24) is 0 Å². The first-order valence-electron chi connectivity index (χ1n) is 4.31. The molecule has 0 aliphatic rings. The fourth-order valence-electron chi connectivity index (χ4n) is 1.07. The van der Waals surface area contributed by atoms with Crippen molar-refractivity contribution in [2.75, 3.05) is 19.0 Å². The minimum atomic E-state index is 0. The van der Waals surface area contributed by atoms with Crippen LogP contribution in [0, 0.1) is 6.07 Å². The molecule has 0 N–H and O–H groups in total. The van der Waals surface area contributed by atoms with E-state index in [0.29, 0.717) is 5.92 Å². The zero-order chi connectivity index (χ0) is 9.14. The van der Waals surface area contributed by atoms with E-state index in [-0.39, 0.29) is 40.0 Å². The molecule has 0 aliphatic carbocycles. The average Bonchev–Trinajstić information content (AvgIpc) is 2.04. The minimum absolute atomic E-state index is 0. The van der Waals surface area contributed by atoms with Crippen molar-refractivity contribution in [2.24, 2.45) is 0 Å². The standard InChI is InChI=1S/C11H16N.BrH.Mg/c1-9(2)10-6-5-7-11(8-10)12(3)4;;/h5-7,9H,1-4H3;1H;/q-1;;+2/p-1. The third kappa shape index (κ3) is 4.67. The van der Waals surface area contributed by atoms with Crippen LogP contribution in [0.5, 0.6) is 0 Å². The molecule has 0 radical (unpaired) electrons. The molecule has 0 atom stereocenters. The maximum Gasteiger partial charge on any atom is 2.00 e. The van der Waals surface area contributed by atoms with Gasteiger partial charge >= 0.3 is 23.1 Å². The first kappa shape index (κ1) is 16.7. The molecule has 0 aliphatic heterocycles. The van der Waals surface area contributed by atoms with E-state index < -0.39 is 0 Å². The fourth-order valence-corrected chi connectivity index (χ4v) is 1.07. The minimum Gasteiger partial charge on any atom is -1.00 e. The van der Waals surface area contributed by atoms with Crippen LogP contribution in [0.15, 0.2) is 18.2 Å². The molecular weight excluding hydrogens is 250 g/mol. The molecule has 0 spiro atoms. The molecule has 0 unspecified atom stereocenters. The van der Waals surface area contributed by atoms with E-state index in [1.807, 2.05) is 14.1 Å². The Bertz CT molecular complexity index is 238. The van der Waals surface area contributed by atoms with E-state index in [1.165, 1.54) is 5.56 Å². The molecule has 0 saturated heterocycles. The fraction of sp³-hybridized carbons (Fsp3) is 0.455. The van der Waals surface area contributed by atoms with Crippen molar-refractivity contribution in [3.05, 3.63) is 29.8 Å². The Labute approximate surface area is 114 Å². The summed E-state index contributed by atoms with van der Waals surface area (Å²) < 4.78 is 0. The molecular formula is C11H16BrMgN. The topological polar surface area (TPSA) is 3.24 Å². The van der Waals surface area contributed by atoms with Gasteiger partial charge in [0.2, 0.25) is 0 Å². The van der Waals surface area contributed by atoms with E-state index in [1.54, 1.807) is 0 Å². The van der Waals surface area contributed by atoms with Gasteiger partial charge in [-0.2, -0.15) is 23.8 Å². The normalized spacial score (nSPS) is 8.93. The molecule has 0 saturated carbocycles. The Morgan fingerprint density at radius 2 is 1.79 bits per heavy atom. The van der Waals surface area contributed by atoms with Crippen LogP contribution in [0.1, 0.15) is 25.3 Å². The van der Waals surface area contributed by atoms with Gasteiger partial charge in [0.05, 0.1) is 0 Å². The Morgan fingerprint density at radius 3 is 2.21 bits per heavy atom. The van der Waals surface area contributed by atoms with Gasteiger partial charge in [-0.05, 0) is 5.92 Å². The predicted molar refractivity (Wildman–Crippen MR) is 59.4 cm³/mol. The van der Waals surface area contributed by atoms with Crippen LogP contribution in [0.2, 0.25) is 0 Å². The molecule has 0 bridgehead atoms. The van der Waals surface area contributed by atoms with Crippen LogP contribution in [-0.2, 0) is 0 Å². The van der Waals surface area contributed by atoms with Crippen molar-refractivity contribution in [1.29, 1.82) is 0 Å². The van der Waals surface area contributed by atoms with Crippen molar-refractivity contribution >= 4 is 28.7 Å². The number of rotatable bonds is 2. The summed E-state index contributed by atoms with van der Waals surface area (Å²) in [4.78, 5) is 2.08. The van der Waals surface area contributed by atoms with E-state index in [4.69, 9.17) is 0 Å². The smallest absolute Gasteiger partial charge is 1.00 e. The summed E-state index contributed by atoms with van der Waals surface area (Å²) in [5.41, 5.74) is 2.43. The van der Waals surface area contributed by atoms with Gasteiger partial charge in [0.25, 0.3) is 0 Å². The number of hydrogen-bond acceptors (Lipinski definition) is 1. The first-order chi connectivity index (χ1) is 5.61. The van der Waals surface area contributed by atoms with Crippen LogP contribution < -0.4 is 21.9 Å². The summed E-state index contributed by atoms with van der Waals surface area (Å²) >= 11 is 0.